The van der Waals surface area contributed by atoms with Gasteiger partial charge in [-0.05, 0) is 18.1 Å². The minimum atomic E-state index is -0.798. The second kappa shape index (κ2) is 5.39. The quantitative estimate of drug-likeness (QED) is 0.780. The predicted octanol–water partition coefficient (Wildman–Crippen LogP) is 2.60. The van der Waals surface area contributed by atoms with Crippen molar-refractivity contribution in [2.75, 3.05) is 5.32 Å². The van der Waals surface area contributed by atoms with Gasteiger partial charge in [-0.2, -0.15) is 0 Å². The fourth-order valence-corrected chi connectivity index (χ4v) is 1.40. The number of carbonyl (C=O) groups is 1. The molecule has 0 radical (unpaired) electrons. The third-order valence-corrected chi connectivity index (χ3v) is 2.57. The highest BCUT2D eigenvalue weighted by Gasteiger charge is 2.22. The fourth-order valence-electron chi connectivity index (χ4n) is 1.40. The molecule has 0 amide bonds. The predicted molar refractivity (Wildman–Crippen MR) is 60.9 cm³/mol. The van der Waals surface area contributed by atoms with Gasteiger partial charge in [0.05, 0.1) is 0 Å². The van der Waals surface area contributed by atoms with Gasteiger partial charge in [-0.25, -0.2) is 4.79 Å². The number of nitrogens with one attached hydrogen (secondary N) is 1. The first-order chi connectivity index (χ1) is 7.15. The minimum Gasteiger partial charge on any atom is -0.480 e. The molecule has 0 unspecified atom stereocenters. The Kier molecular flexibility index (Phi) is 4.16. The molecule has 82 valence electrons. The molecule has 3 heteroatoms. The van der Waals surface area contributed by atoms with E-state index in [2.05, 4.69) is 5.32 Å². The number of carboxylic acids is 1. The smallest absolute Gasteiger partial charge is 0.326 e. The minimum absolute atomic E-state index is 0.114. The molecule has 15 heavy (non-hydrogen) atoms. The van der Waals surface area contributed by atoms with Crippen molar-refractivity contribution < 1.29 is 9.90 Å². The molecule has 0 saturated heterocycles. The SMILES string of the molecule is CC[C@@H](C)[C@H](Nc1ccccc1)C(=O)O. The van der Waals surface area contributed by atoms with Crippen molar-refractivity contribution in [3.63, 3.8) is 0 Å². The summed E-state index contributed by atoms with van der Waals surface area (Å²) in [5.41, 5.74) is 0.852. The molecule has 2 atom stereocenters. The number of para-hydroxylation sites is 1. The lowest BCUT2D eigenvalue weighted by Crippen LogP contribution is -2.35. The van der Waals surface area contributed by atoms with Crippen molar-refractivity contribution >= 4 is 11.7 Å². The summed E-state index contributed by atoms with van der Waals surface area (Å²) in [5.74, 6) is -0.684. The van der Waals surface area contributed by atoms with Crippen LogP contribution in [0, 0.1) is 5.92 Å². The topological polar surface area (TPSA) is 49.3 Å². The molecule has 0 spiro atoms. The van der Waals surface area contributed by atoms with E-state index in [4.69, 9.17) is 5.11 Å². The molecule has 0 fully saturated rings. The van der Waals surface area contributed by atoms with E-state index in [0.29, 0.717) is 0 Å². The highest BCUT2D eigenvalue weighted by atomic mass is 16.4. The number of benzene rings is 1. The fraction of sp³-hybridized carbons (Fsp3) is 0.417. The third-order valence-electron chi connectivity index (χ3n) is 2.57. The van der Waals surface area contributed by atoms with E-state index in [9.17, 15) is 4.79 Å². The first-order valence-corrected chi connectivity index (χ1v) is 5.19. The van der Waals surface area contributed by atoms with Gasteiger partial charge in [-0.3, -0.25) is 0 Å². The largest absolute Gasteiger partial charge is 0.480 e. The van der Waals surface area contributed by atoms with Gasteiger partial charge < -0.3 is 10.4 Å². The second-order valence-corrected chi connectivity index (χ2v) is 3.71. The van der Waals surface area contributed by atoms with E-state index in [1.54, 1.807) is 0 Å². The van der Waals surface area contributed by atoms with Crippen LogP contribution < -0.4 is 5.32 Å². The van der Waals surface area contributed by atoms with Gasteiger partial charge in [-0.15, -0.1) is 0 Å². The first kappa shape index (κ1) is 11.6. The van der Waals surface area contributed by atoms with Crippen molar-refractivity contribution in [3.05, 3.63) is 30.3 Å². The molecule has 0 saturated carbocycles. The van der Waals surface area contributed by atoms with Crippen LogP contribution in [0.25, 0.3) is 0 Å². The normalized spacial score (nSPS) is 14.3. The number of anilines is 1. The number of hydrogen-bond donors (Lipinski definition) is 2. The van der Waals surface area contributed by atoms with Crippen LogP contribution in [0.1, 0.15) is 20.3 Å². The van der Waals surface area contributed by atoms with Crippen LogP contribution >= 0.6 is 0 Å². The van der Waals surface area contributed by atoms with Crippen molar-refractivity contribution in [3.8, 4) is 0 Å². The molecule has 2 N–H and O–H groups in total. The lowest BCUT2D eigenvalue weighted by molar-refractivity contribution is -0.139. The summed E-state index contributed by atoms with van der Waals surface area (Å²) >= 11 is 0. The van der Waals surface area contributed by atoms with Crippen LogP contribution in [-0.2, 0) is 4.79 Å². The van der Waals surface area contributed by atoms with Crippen LogP contribution in [0.4, 0.5) is 5.69 Å². The molecule has 1 rings (SSSR count). The Morgan fingerprint density at radius 3 is 2.47 bits per heavy atom. The van der Waals surface area contributed by atoms with Crippen LogP contribution in [-0.4, -0.2) is 17.1 Å². The number of aliphatic carboxylic acids is 1. The molecule has 0 aliphatic carbocycles. The zero-order valence-corrected chi connectivity index (χ0v) is 9.10. The molecular weight excluding hydrogens is 190 g/mol. The van der Waals surface area contributed by atoms with Crippen LogP contribution in [0.2, 0.25) is 0 Å². The van der Waals surface area contributed by atoms with E-state index < -0.39 is 12.0 Å². The Hall–Kier alpha value is -1.51. The number of rotatable bonds is 5. The summed E-state index contributed by atoms with van der Waals surface area (Å²) in [6, 6.07) is 8.91. The highest BCUT2D eigenvalue weighted by Crippen LogP contribution is 2.14. The van der Waals surface area contributed by atoms with Gasteiger partial charge in [-0.1, -0.05) is 38.5 Å². The van der Waals surface area contributed by atoms with E-state index in [0.717, 1.165) is 12.1 Å². The van der Waals surface area contributed by atoms with Crippen molar-refractivity contribution in [1.82, 2.24) is 0 Å². The van der Waals surface area contributed by atoms with E-state index in [1.165, 1.54) is 0 Å². The average Bonchev–Trinajstić information content (AvgIpc) is 2.26. The van der Waals surface area contributed by atoms with Gasteiger partial charge in [0.15, 0.2) is 0 Å². The molecule has 0 bridgehead atoms. The number of carboxylic acid groups (broad SMARTS) is 1. The van der Waals surface area contributed by atoms with Gasteiger partial charge in [0, 0.05) is 5.69 Å². The van der Waals surface area contributed by atoms with E-state index in [1.807, 2.05) is 44.2 Å². The monoisotopic (exact) mass is 207 g/mol. The van der Waals surface area contributed by atoms with Crippen molar-refractivity contribution in [1.29, 1.82) is 0 Å². The Morgan fingerprint density at radius 2 is 2.00 bits per heavy atom. The lowest BCUT2D eigenvalue weighted by atomic mass is 9.99. The van der Waals surface area contributed by atoms with Gasteiger partial charge in [0.2, 0.25) is 0 Å². The number of hydrogen-bond acceptors (Lipinski definition) is 2. The third kappa shape index (κ3) is 3.27. The first-order valence-electron chi connectivity index (χ1n) is 5.19. The summed E-state index contributed by atoms with van der Waals surface area (Å²) in [6.45, 7) is 3.93. The van der Waals surface area contributed by atoms with E-state index >= 15 is 0 Å². The molecule has 1 aromatic carbocycles. The van der Waals surface area contributed by atoms with Gasteiger partial charge in [0.1, 0.15) is 6.04 Å². The molecule has 0 aliphatic rings. The highest BCUT2D eigenvalue weighted by molar-refractivity contribution is 5.77. The Morgan fingerprint density at radius 1 is 1.40 bits per heavy atom. The molecule has 1 aromatic rings. The Bertz CT molecular complexity index is 311. The van der Waals surface area contributed by atoms with Crippen LogP contribution in [0.3, 0.4) is 0 Å². The summed E-state index contributed by atoms with van der Waals surface area (Å²) < 4.78 is 0. The lowest BCUT2D eigenvalue weighted by Gasteiger charge is -2.21. The second-order valence-electron chi connectivity index (χ2n) is 3.71. The molecule has 0 aromatic heterocycles. The standard InChI is InChI=1S/C12H17NO2/c1-3-9(2)11(12(14)15)13-10-7-5-4-6-8-10/h4-9,11,13H,3H2,1-2H3,(H,14,15)/t9-,11+/m1/s1. The van der Waals surface area contributed by atoms with Crippen LogP contribution in [0.5, 0.6) is 0 Å². The zero-order valence-electron chi connectivity index (χ0n) is 9.10. The summed E-state index contributed by atoms with van der Waals surface area (Å²) in [7, 11) is 0. The maximum Gasteiger partial charge on any atom is 0.326 e. The maximum atomic E-state index is 11.0. The zero-order chi connectivity index (χ0) is 11.3. The summed E-state index contributed by atoms with van der Waals surface area (Å²) in [5, 5.41) is 12.1. The van der Waals surface area contributed by atoms with E-state index in [-0.39, 0.29) is 5.92 Å². The van der Waals surface area contributed by atoms with Crippen molar-refractivity contribution in [2.24, 2.45) is 5.92 Å². The molecular formula is C12H17NO2. The molecule has 0 heterocycles. The van der Waals surface area contributed by atoms with Gasteiger partial charge >= 0.3 is 5.97 Å². The Labute approximate surface area is 90.1 Å². The average molecular weight is 207 g/mol. The summed E-state index contributed by atoms with van der Waals surface area (Å²) in [4.78, 5) is 11.0. The molecule has 3 nitrogen and oxygen atoms in total. The molecule has 0 aliphatic heterocycles. The Balaban J connectivity index is 2.71. The van der Waals surface area contributed by atoms with Crippen LogP contribution in [0.15, 0.2) is 30.3 Å². The summed E-state index contributed by atoms with van der Waals surface area (Å²) in [6.07, 6.45) is 0.844. The maximum absolute atomic E-state index is 11.0. The van der Waals surface area contributed by atoms with Gasteiger partial charge in [0.25, 0.3) is 0 Å². The van der Waals surface area contributed by atoms with Crippen molar-refractivity contribution in [2.45, 2.75) is 26.3 Å².